The van der Waals surface area contributed by atoms with E-state index in [9.17, 15) is 0 Å². The van der Waals surface area contributed by atoms with E-state index >= 15 is 0 Å². The van der Waals surface area contributed by atoms with Gasteiger partial charge in [0.15, 0.2) is 0 Å². The number of rotatable bonds is 10. The highest BCUT2D eigenvalue weighted by atomic mass is 16.5. The summed E-state index contributed by atoms with van der Waals surface area (Å²) in [6, 6.07) is 1.76. The van der Waals surface area contributed by atoms with Crippen LogP contribution in [-0.4, -0.2) is 36.3 Å². The van der Waals surface area contributed by atoms with E-state index in [1.54, 1.807) is 12.3 Å². The Bertz CT molecular complexity index is 321. The van der Waals surface area contributed by atoms with Gasteiger partial charge in [-0.3, -0.25) is 0 Å². The number of anilines is 1. The van der Waals surface area contributed by atoms with E-state index in [1.165, 1.54) is 0 Å². The lowest BCUT2D eigenvalue weighted by atomic mass is 10.4. The molecule has 5 nitrogen and oxygen atoms in total. The van der Waals surface area contributed by atoms with Crippen LogP contribution in [0.4, 0.5) is 5.95 Å². The summed E-state index contributed by atoms with van der Waals surface area (Å²) in [7, 11) is 0. The Kier molecular flexibility index (Phi) is 7.88. The smallest absolute Gasteiger partial charge is 0.226 e. The van der Waals surface area contributed by atoms with Crippen molar-refractivity contribution in [1.82, 2.24) is 9.97 Å². The highest BCUT2D eigenvalue weighted by Gasteiger charge is 1.99. The average molecular weight is 253 g/mol. The fourth-order valence-electron chi connectivity index (χ4n) is 1.30. The summed E-state index contributed by atoms with van der Waals surface area (Å²) in [4.78, 5) is 8.37. The molecule has 0 unspecified atom stereocenters. The van der Waals surface area contributed by atoms with Crippen LogP contribution in [0.2, 0.25) is 0 Å². The Morgan fingerprint density at radius 3 is 2.83 bits per heavy atom. The zero-order chi connectivity index (χ0) is 13.1. The molecular weight excluding hydrogens is 230 g/mol. The molecule has 0 saturated heterocycles. The molecule has 1 N–H and O–H groups in total. The summed E-state index contributed by atoms with van der Waals surface area (Å²) in [5.41, 5.74) is 0. The molecule has 0 radical (unpaired) electrons. The number of unbranched alkanes of at least 4 members (excludes halogenated alkanes) is 1. The standard InChI is InChI=1S/C13H23N3O2/c1-3-5-10-17-11-8-15-13-14-7-6-12(16-13)18-9-4-2/h6-7H,3-5,8-11H2,1-2H3,(H,14,15,16). The van der Waals surface area contributed by atoms with Gasteiger partial charge in [-0.2, -0.15) is 4.98 Å². The molecule has 5 heteroatoms. The van der Waals surface area contributed by atoms with Crippen molar-refractivity contribution in [2.45, 2.75) is 33.1 Å². The number of nitrogens with one attached hydrogen (secondary N) is 1. The Labute approximate surface area is 109 Å². The van der Waals surface area contributed by atoms with E-state index in [2.05, 4.69) is 29.1 Å². The second-order valence-corrected chi connectivity index (χ2v) is 3.96. The van der Waals surface area contributed by atoms with Crippen molar-refractivity contribution in [2.75, 3.05) is 31.7 Å². The Morgan fingerprint density at radius 1 is 1.17 bits per heavy atom. The lowest BCUT2D eigenvalue weighted by molar-refractivity contribution is 0.141. The van der Waals surface area contributed by atoms with Crippen molar-refractivity contribution in [2.24, 2.45) is 0 Å². The van der Waals surface area contributed by atoms with Crippen LogP contribution >= 0.6 is 0 Å². The summed E-state index contributed by atoms with van der Waals surface area (Å²) >= 11 is 0. The molecule has 0 saturated carbocycles. The van der Waals surface area contributed by atoms with Crippen LogP contribution in [-0.2, 0) is 4.74 Å². The molecule has 1 heterocycles. The molecular formula is C13H23N3O2. The van der Waals surface area contributed by atoms with Crippen LogP contribution in [0.3, 0.4) is 0 Å². The minimum atomic E-state index is 0.586. The molecule has 1 rings (SSSR count). The van der Waals surface area contributed by atoms with Crippen molar-refractivity contribution < 1.29 is 9.47 Å². The quantitative estimate of drug-likeness (QED) is 0.649. The monoisotopic (exact) mass is 253 g/mol. The fraction of sp³-hybridized carbons (Fsp3) is 0.692. The normalized spacial score (nSPS) is 10.3. The fourth-order valence-corrected chi connectivity index (χ4v) is 1.30. The van der Waals surface area contributed by atoms with Gasteiger partial charge in [0.05, 0.1) is 13.2 Å². The maximum Gasteiger partial charge on any atom is 0.226 e. The van der Waals surface area contributed by atoms with E-state index in [0.717, 1.165) is 25.9 Å². The van der Waals surface area contributed by atoms with Gasteiger partial charge in [-0.15, -0.1) is 0 Å². The molecule has 0 atom stereocenters. The number of ether oxygens (including phenoxy) is 2. The lowest BCUT2D eigenvalue weighted by Gasteiger charge is -2.07. The highest BCUT2D eigenvalue weighted by molar-refractivity contribution is 5.27. The van der Waals surface area contributed by atoms with Gasteiger partial charge in [0.25, 0.3) is 0 Å². The number of nitrogens with zero attached hydrogens (tertiary/aromatic N) is 2. The van der Waals surface area contributed by atoms with Gasteiger partial charge < -0.3 is 14.8 Å². The van der Waals surface area contributed by atoms with Crippen molar-refractivity contribution in [3.63, 3.8) is 0 Å². The number of aromatic nitrogens is 2. The molecule has 102 valence electrons. The van der Waals surface area contributed by atoms with Gasteiger partial charge in [-0.25, -0.2) is 4.98 Å². The average Bonchev–Trinajstić information content (AvgIpc) is 2.41. The van der Waals surface area contributed by atoms with Crippen molar-refractivity contribution >= 4 is 5.95 Å². The molecule has 1 aromatic heterocycles. The third-order valence-corrected chi connectivity index (χ3v) is 2.26. The second kappa shape index (κ2) is 9.65. The molecule has 18 heavy (non-hydrogen) atoms. The first-order chi connectivity index (χ1) is 8.86. The maximum atomic E-state index is 5.44. The molecule has 0 fully saturated rings. The van der Waals surface area contributed by atoms with E-state index in [4.69, 9.17) is 9.47 Å². The highest BCUT2D eigenvalue weighted by Crippen LogP contribution is 2.08. The van der Waals surface area contributed by atoms with Crippen LogP contribution in [0, 0.1) is 0 Å². The molecule has 0 aliphatic carbocycles. The minimum Gasteiger partial charge on any atom is -0.478 e. The summed E-state index contributed by atoms with van der Waals surface area (Å²) < 4.78 is 10.9. The first-order valence-electron chi connectivity index (χ1n) is 6.64. The zero-order valence-electron chi connectivity index (χ0n) is 11.3. The van der Waals surface area contributed by atoms with Crippen molar-refractivity contribution in [1.29, 1.82) is 0 Å². The van der Waals surface area contributed by atoms with Gasteiger partial charge in [0, 0.05) is 25.4 Å². The van der Waals surface area contributed by atoms with Gasteiger partial charge in [-0.05, 0) is 12.8 Å². The SMILES string of the molecule is CCCCOCCNc1nccc(OCCC)n1. The Morgan fingerprint density at radius 2 is 2.06 bits per heavy atom. The third kappa shape index (κ3) is 6.39. The van der Waals surface area contributed by atoms with Crippen molar-refractivity contribution in [3.05, 3.63) is 12.3 Å². The molecule has 0 spiro atoms. The third-order valence-electron chi connectivity index (χ3n) is 2.26. The van der Waals surface area contributed by atoms with E-state index < -0.39 is 0 Å². The molecule has 0 aliphatic heterocycles. The minimum absolute atomic E-state index is 0.586. The first kappa shape index (κ1) is 14.7. The predicted octanol–water partition coefficient (Wildman–Crippen LogP) is 2.49. The largest absolute Gasteiger partial charge is 0.478 e. The number of hydrogen-bond donors (Lipinski definition) is 1. The Balaban J connectivity index is 2.20. The van der Waals surface area contributed by atoms with E-state index in [1.807, 2.05) is 0 Å². The van der Waals surface area contributed by atoms with Crippen molar-refractivity contribution in [3.8, 4) is 5.88 Å². The zero-order valence-corrected chi connectivity index (χ0v) is 11.3. The second-order valence-electron chi connectivity index (χ2n) is 3.96. The summed E-state index contributed by atoms with van der Waals surface area (Å²) in [6.45, 7) is 7.09. The van der Waals surface area contributed by atoms with E-state index in [0.29, 0.717) is 31.6 Å². The van der Waals surface area contributed by atoms with Crippen LogP contribution in [0.1, 0.15) is 33.1 Å². The Hall–Kier alpha value is -1.36. The maximum absolute atomic E-state index is 5.44. The van der Waals surface area contributed by atoms with Gasteiger partial charge in [-0.1, -0.05) is 20.3 Å². The van der Waals surface area contributed by atoms with Crippen LogP contribution in [0.15, 0.2) is 12.3 Å². The van der Waals surface area contributed by atoms with Crippen LogP contribution in [0.25, 0.3) is 0 Å². The van der Waals surface area contributed by atoms with Gasteiger partial charge >= 0.3 is 0 Å². The predicted molar refractivity (Wildman–Crippen MR) is 72.0 cm³/mol. The van der Waals surface area contributed by atoms with Gasteiger partial charge in [0.2, 0.25) is 11.8 Å². The first-order valence-corrected chi connectivity index (χ1v) is 6.64. The lowest BCUT2D eigenvalue weighted by Crippen LogP contribution is -2.12. The van der Waals surface area contributed by atoms with Crippen LogP contribution < -0.4 is 10.1 Å². The topological polar surface area (TPSA) is 56.3 Å². The summed E-state index contributed by atoms with van der Waals surface area (Å²) in [5.74, 6) is 1.20. The summed E-state index contributed by atoms with van der Waals surface area (Å²) in [6.07, 6.45) is 4.93. The van der Waals surface area contributed by atoms with Gasteiger partial charge in [0.1, 0.15) is 0 Å². The number of hydrogen-bond acceptors (Lipinski definition) is 5. The summed E-state index contributed by atoms with van der Waals surface area (Å²) in [5, 5.41) is 3.11. The molecule has 0 amide bonds. The molecule has 0 aromatic carbocycles. The van der Waals surface area contributed by atoms with E-state index in [-0.39, 0.29) is 0 Å². The molecule has 0 aliphatic rings. The molecule has 0 bridgehead atoms. The van der Waals surface area contributed by atoms with Crippen LogP contribution in [0.5, 0.6) is 5.88 Å². The molecule has 1 aromatic rings.